The number of amides is 1. The highest BCUT2D eigenvalue weighted by molar-refractivity contribution is 9.10. The quantitative estimate of drug-likeness (QED) is 0.757. The van der Waals surface area contributed by atoms with Gasteiger partial charge in [0.2, 0.25) is 0 Å². The van der Waals surface area contributed by atoms with Gasteiger partial charge in [-0.3, -0.25) is 9.48 Å². The first-order valence-electron chi connectivity index (χ1n) is 7.84. The van der Waals surface area contributed by atoms with Crippen LogP contribution in [0.4, 0.5) is 0 Å². The van der Waals surface area contributed by atoms with E-state index in [1.54, 1.807) is 16.2 Å². The predicted molar refractivity (Wildman–Crippen MR) is 97.0 cm³/mol. The molecule has 0 aromatic carbocycles. The molecule has 1 fully saturated rings. The topological polar surface area (TPSA) is 38.1 Å². The van der Waals surface area contributed by atoms with Crippen molar-refractivity contribution in [3.8, 4) is 0 Å². The van der Waals surface area contributed by atoms with Gasteiger partial charge in [0.25, 0.3) is 5.91 Å². The van der Waals surface area contributed by atoms with E-state index in [1.807, 2.05) is 23.2 Å². The van der Waals surface area contributed by atoms with Crippen LogP contribution in [0.5, 0.6) is 0 Å². The molecule has 0 bridgehead atoms. The number of carbonyl (C=O) groups is 1. The minimum Gasteiger partial charge on any atom is -0.335 e. The normalized spacial score (nSPS) is 15.0. The van der Waals surface area contributed by atoms with Gasteiger partial charge in [0.15, 0.2) is 0 Å². The van der Waals surface area contributed by atoms with Crippen LogP contribution >= 0.6 is 27.3 Å². The maximum absolute atomic E-state index is 12.9. The van der Waals surface area contributed by atoms with E-state index in [1.165, 1.54) is 12.8 Å². The lowest BCUT2D eigenvalue weighted by Crippen LogP contribution is -2.33. The Morgan fingerprint density at radius 2 is 2.13 bits per heavy atom. The van der Waals surface area contributed by atoms with Gasteiger partial charge < -0.3 is 4.90 Å². The number of thiophene rings is 1. The molecule has 1 amide bonds. The number of hydrogen-bond donors (Lipinski definition) is 0. The fraction of sp³-hybridized carbons (Fsp3) is 0.529. The van der Waals surface area contributed by atoms with Crippen molar-refractivity contribution in [3.63, 3.8) is 0 Å². The summed E-state index contributed by atoms with van der Waals surface area (Å²) in [6.07, 6.45) is 2.38. The number of carbonyl (C=O) groups excluding carboxylic acids is 1. The molecule has 0 unspecified atom stereocenters. The number of rotatable bonds is 4. The summed E-state index contributed by atoms with van der Waals surface area (Å²) >= 11 is 5.12. The molecule has 1 saturated carbocycles. The summed E-state index contributed by atoms with van der Waals surface area (Å²) in [6, 6.07) is 4.05. The molecule has 0 N–H and O–H groups in total. The van der Waals surface area contributed by atoms with Crippen LogP contribution < -0.4 is 0 Å². The molecule has 0 saturated heterocycles. The maximum Gasteiger partial charge on any atom is 0.272 e. The highest BCUT2D eigenvalue weighted by Crippen LogP contribution is 2.40. The maximum atomic E-state index is 12.9. The van der Waals surface area contributed by atoms with E-state index in [2.05, 4.69) is 42.8 Å². The lowest BCUT2D eigenvalue weighted by atomic mass is 10.1. The summed E-state index contributed by atoms with van der Waals surface area (Å²) in [5.41, 5.74) is 1.55. The summed E-state index contributed by atoms with van der Waals surface area (Å²) in [4.78, 5) is 15.9. The van der Waals surface area contributed by atoms with E-state index in [4.69, 9.17) is 5.10 Å². The summed E-state index contributed by atoms with van der Waals surface area (Å²) in [7, 11) is 1.85. The fourth-order valence-corrected chi connectivity index (χ4v) is 4.08. The molecule has 1 aliphatic carbocycles. The fourth-order valence-electron chi connectivity index (χ4n) is 2.58. The van der Waals surface area contributed by atoms with Crippen LogP contribution in [0.15, 0.2) is 22.0 Å². The second-order valence-electron chi connectivity index (χ2n) is 7.20. The average Bonchev–Trinajstić information content (AvgIpc) is 3.07. The van der Waals surface area contributed by atoms with Gasteiger partial charge in [-0.1, -0.05) is 0 Å². The van der Waals surface area contributed by atoms with Crippen LogP contribution in [-0.2, 0) is 12.1 Å². The van der Waals surface area contributed by atoms with Crippen molar-refractivity contribution in [2.75, 3.05) is 7.05 Å². The van der Waals surface area contributed by atoms with Crippen molar-refractivity contribution in [3.05, 3.63) is 38.3 Å². The Balaban J connectivity index is 1.85. The Labute approximate surface area is 149 Å². The molecule has 0 radical (unpaired) electrons. The molecule has 0 atom stereocenters. The monoisotopic (exact) mass is 395 g/mol. The van der Waals surface area contributed by atoms with Gasteiger partial charge >= 0.3 is 0 Å². The Morgan fingerprint density at radius 1 is 1.43 bits per heavy atom. The van der Waals surface area contributed by atoms with E-state index in [0.717, 1.165) is 15.0 Å². The Kier molecular flexibility index (Phi) is 4.40. The first-order valence-corrected chi connectivity index (χ1v) is 9.52. The molecule has 124 valence electrons. The molecule has 2 heterocycles. The molecule has 1 aliphatic rings. The first-order chi connectivity index (χ1) is 10.8. The van der Waals surface area contributed by atoms with E-state index in [9.17, 15) is 4.79 Å². The van der Waals surface area contributed by atoms with E-state index < -0.39 is 0 Å². The highest BCUT2D eigenvalue weighted by atomic mass is 79.9. The smallest absolute Gasteiger partial charge is 0.272 e. The molecular formula is C17H22BrN3OS. The van der Waals surface area contributed by atoms with Crippen LogP contribution in [0.1, 0.15) is 60.6 Å². The summed E-state index contributed by atoms with van der Waals surface area (Å²) in [5.74, 6) is 0.576. The molecule has 0 spiro atoms. The lowest BCUT2D eigenvalue weighted by Gasteiger charge is -2.24. The van der Waals surface area contributed by atoms with Gasteiger partial charge in [-0.25, -0.2) is 0 Å². The Hall–Kier alpha value is -1.14. The van der Waals surface area contributed by atoms with Crippen molar-refractivity contribution in [1.29, 1.82) is 0 Å². The zero-order valence-electron chi connectivity index (χ0n) is 14.0. The lowest BCUT2D eigenvalue weighted by molar-refractivity contribution is 0.0766. The van der Waals surface area contributed by atoms with E-state index in [-0.39, 0.29) is 11.4 Å². The van der Waals surface area contributed by atoms with E-state index in [0.29, 0.717) is 18.2 Å². The van der Waals surface area contributed by atoms with Gasteiger partial charge in [0.1, 0.15) is 5.69 Å². The summed E-state index contributed by atoms with van der Waals surface area (Å²) < 4.78 is 2.96. The number of hydrogen-bond acceptors (Lipinski definition) is 3. The van der Waals surface area contributed by atoms with Crippen LogP contribution in [-0.4, -0.2) is 27.6 Å². The minimum atomic E-state index is -0.203. The van der Waals surface area contributed by atoms with E-state index >= 15 is 0 Å². The van der Waals surface area contributed by atoms with Crippen LogP contribution in [0.3, 0.4) is 0 Å². The number of nitrogens with zero attached hydrogens (tertiary/aromatic N) is 3. The first kappa shape index (κ1) is 16.7. The second-order valence-corrected chi connectivity index (χ2v) is 9.12. The third kappa shape index (κ3) is 3.69. The molecule has 6 heteroatoms. The SMILES string of the molecule is CN(Cc1cc(Br)cs1)C(=O)c1cc(C2CC2)nn1C(C)(C)C. The summed E-state index contributed by atoms with van der Waals surface area (Å²) in [5, 5.41) is 6.76. The highest BCUT2D eigenvalue weighted by Gasteiger charge is 2.32. The Bertz CT molecular complexity index is 725. The standard InChI is InChI=1S/C17H22BrN3OS/c1-17(2,3)21-15(8-14(19-21)11-5-6-11)16(22)20(4)9-13-7-12(18)10-23-13/h7-8,10-11H,5-6,9H2,1-4H3. The molecule has 4 nitrogen and oxygen atoms in total. The number of aromatic nitrogens is 2. The van der Waals surface area contributed by atoms with Gasteiger partial charge in [0.05, 0.1) is 17.8 Å². The molecule has 2 aromatic rings. The Morgan fingerprint density at radius 3 is 2.65 bits per heavy atom. The van der Waals surface area contributed by atoms with Crippen LogP contribution in [0.25, 0.3) is 0 Å². The van der Waals surface area contributed by atoms with Gasteiger partial charge in [0, 0.05) is 27.7 Å². The molecule has 2 aromatic heterocycles. The third-order valence-electron chi connectivity index (χ3n) is 3.94. The zero-order chi connectivity index (χ0) is 16.8. The minimum absolute atomic E-state index is 0.0313. The van der Waals surface area contributed by atoms with Gasteiger partial charge in [-0.05, 0) is 61.7 Å². The van der Waals surface area contributed by atoms with Crippen LogP contribution in [0, 0.1) is 0 Å². The van der Waals surface area contributed by atoms with Crippen LogP contribution in [0.2, 0.25) is 0 Å². The van der Waals surface area contributed by atoms with Gasteiger partial charge in [-0.2, -0.15) is 5.10 Å². The van der Waals surface area contributed by atoms with Crippen molar-refractivity contribution in [1.82, 2.24) is 14.7 Å². The van der Waals surface area contributed by atoms with Crippen molar-refractivity contribution >= 4 is 33.2 Å². The van der Waals surface area contributed by atoms with Crippen molar-refractivity contribution in [2.45, 2.75) is 51.6 Å². The molecule has 0 aliphatic heterocycles. The second kappa shape index (κ2) is 6.06. The third-order valence-corrected chi connectivity index (χ3v) is 5.62. The van der Waals surface area contributed by atoms with Gasteiger partial charge in [-0.15, -0.1) is 11.3 Å². The predicted octanol–water partition coefficient (Wildman–Crippen LogP) is 4.61. The largest absolute Gasteiger partial charge is 0.335 e. The number of halogens is 1. The van der Waals surface area contributed by atoms with Crippen molar-refractivity contribution in [2.24, 2.45) is 0 Å². The van der Waals surface area contributed by atoms with Crippen molar-refractivity contribution < 1.29 is 4.79 Å². The molecular weight excluding hydrogens is 374 g/mol. The average molecular weight is 396 g/mol. The summed E-state index contributed by atoms with van der Waals surface area (Å²) in [6.45, 7) is 6.88. The molecule has 23 heavy (non-hydrogen) atoms. The zero-order valence-corrected chi connectivity index (χ0v) is 16.4. The molecule has 3 rings (SSSR count).